The third-order valence-electron chi connectivity index (χ3n) is 5.60. The van der Waals surface area contributed by atoms with E-state index in [9.17, 15) is 10.2 Å². The molecular weight excluding hydrogens is 394 g/mol. The van der Waals surface area contributed by atoms with E-state index in [-0.39, 0.29) is 11.5 Å². The fourth-order valence-electron chi connectivity index (χ4n) is 4.31. The van der Waals surface area contributed by atoms with Crippen molar-refractivity contribution in [2.45, 2.75) is 5.16 Å². The molecule has 0 aliphatic heterocycles. The summed E-state index contributed by atoms with van der Waals surface area (Å²) in [5, 5.41) is 35.8. The highest BCUT2D eigenvalue weighted by Gasteiger charge is 2.20. The summed E-state index contributed by atoms with van der Waals surface area (Å²) in [6.07, 6.45) is 0. The van der Waals surface area contributed by atoms with Crippen molar-refractivity contribution in [1.82, 2.24) is 14.8 Å². The highest BCUT2D eigenvalue weighted by Crippen LogP contribution is 2.40. The zero-order valence-electron chi connectivity index (χ0n) is 15.6. The summed E-state index contributed by atoms with van der Waals surface area (Å²) < 4.78 is 1.83. The van der Waals surface area contributed by atoms with E-state index < -0.39 is 0 Å². The fraction of sp³-hybridized carbons (Fsp3) is 0. The predicted molar refractivity (Wildman–Crippen MR) is 121 cm³/mol. The van der Waals surface area contributed by atoms with Gasteiger partial charge in [0.15, 0.2) is 11.0 Å². The molecule has 0 aliphatic rings. The minimum absolute atomic E-state index is 0.0179. The summed E-state index contributed by atoms with van der Waals surface area (Å²) in [4.78, 5) is 0. The molecule has 1 aromatic heterocycles. The molecule has 0 bridgehead atoms. The molecule has 0 saturated heterocycles. The Labute approximate surface area is 176 Å². The molecular formula is C24H15N3O2S. The van der Waals surface area contributed by atoms with E-state index in [0.29, 0.717) is 16.5 Å². The van der Waals surface area contributed by atoms with Crippen LogP contribution in [0.15, 0.2) is 78.0 Å². The van der Waals surface area contributed by atoms with Gasteiger partial charge in [0.05, 0.1) is 11.3 Å². The standard InChI is InChI=1S/C24H15N3O2S/c28-16-9-10-18(20(29)12-16)23-25-26-24(30)27(23)19-11-15-5-1-3-13-7-8-14-4-2-6-17(19)22(14)21(13)15/h1-12,28-29H,(H,26,30). The fourth-order valence-corrected chi connectivity index (χ4v) is 4.56. The van der Waals surface area contributed by atoms with Crippen LogP contribution in [0.4, 0.5) is 0 Å². The summed E-state index contributed by atoms with van der Waals surface area (Å²) in [6, 6.07) is 23.3. The zero-order valence-corrected chi connectivity index (χ0v) is 16.5. The SMILES string of the molecule is Oc1ccc(-c2nnc(S)n2-c2cc3cccc4ccc5cccc2c5c43)c(O)c1. The predicted octanol–water partition coefficient (Wildman–Crippen LogP) is 5.53. The number of rotatable bonds is 2. The van der Waals surface area contributed by atoms with Crippen LogP contribution < -0.4 is 0 Å². The van der Waals surface area contributed by atoms with Crippen LogP contribution in [0.25, 0.3) is 49.4 Å². The molecule has 0 fully saturated rings. The lowest BCUT2D eigenvalue weighted by atomic mass is 9.93. The molecule has 0 atom stereocenters. The Morgan fingerprint density at radius 1 is 0.733 bits per heavy atom. The summed E-state index contributed by atoms with van der Waals surface area (Å²) in [7, 11) is 0. The maximum absolute atomic E-state index is 10.4. The lowest BCUT2D eigenvalue weighted by Gasteiger charge is -2.17. The zero-order chi connectivity index (χ0) is 20.4. The number of thiol groups is 1. The summed E-state index contributed by atoms with van der Waals surface area (Å²) in [5.41, 5.74) is 1.34. The van der Waals surface area contributed by atoms with Crippen LogP contribution in [0.2, 0.25) is 0 Å². The number of benzene rings is 5. The first-order valence-electron chi connectivity index (χ1n) is 9.45. The minimum atomic E-state index is -0.0749. The molecule has 144 valence electrons. The first-order valence-corrected chi connectivity index (χ1v) is 9.90. The van der Waals surface area contributed by atoms with E-state index in [1.165, 1.54) is 28.3 Å². The van der Waals surface area contributed by atoms with Gasteiger partial charge in [-0.15, -0.1) is 22.8 Å². The van der Waals surface area contributed by atoms with Gasteiger partial charge >= 0.3 is 0 Å². The van der Waals surface area contributed by atoms with Gasteiger partial charge in [-0.05, 0) is 45.1 Å². The molecule has 6 aromatic rings. The van der Waals surface area contributed by atoms with Gasteiger partial charge < -0.3 is 10.2 Å². The van der Waals surface area contributed by atoms with E-state index in [1.807, 2.05) is 16.7 Å². The van der Waals surface area contributed by atoms with Gasteiger partial charge in [-0.1, -0.05) is 48.5 Å². The summed E-state index contributed by atoms with van der Waals surface area (Å²) in [5.74, 6) is 0.358. The Balaban J connectivity index is 1.76. The third-order valence-corrected chi connectivity index (χ3v) is 5.88. The average Bonchev–Trinajstić information content (AvgIpc) is 3.13. The Kier molecular flexibility index (Phi) is 3.49. The number of nitrogens with zero attached hydrogens (tertiary/aromatic N) is 3. The van der Waals surface area contributed by atoms with E-state index in [2.05, 4.69) is 65.3 Å². The van der Waals surface area contributed by atoms with Crippen molar-refractivity contribution in [2.75, 3.05) is 0 Å². The highest BCUT2D eigenvalue weighted by molar-refractivity contribution is 7.80. The number of aromatic hydroxyl groups is 2. The Morgan fingerprint density at radius 3 is 2.27 bits per heavy atom. The number of aromatic nitrogens is 3. The first kappa shape index (κ1) is 17.1. The van der Waals surface area contributed by atoms with Crippen molar-refractivity contribution in [3.8, 4) is 28.6 Å². The van der Waals surface area contributed by atoms with E-state index in [4.69, 9.17) is 0 Å². The molecule has 0 radical (unpaired) electrons. The molecule has 5 nitrogen and oxygen atoms in total. The van der Waals surface area contributed by atoms with Crippen molar-refractivity contribution >= 4 is 44.9 Å². The second-order valence-electron chi connectivity index (χ2n) is 7.30. The van der Waals surface area contributed by atoms with E-state index in [0.717, 1.165) is 21.8 Å². The van der Waals surface area contributed by atoms with Gasteiger partial charge in [0.25, 0.3) is 0 Å². The Morgan fingerprint density at radius 2 is 1.47 bits per heavy atom. The molecule has 6 heteroatoms. The average molecular weight is 409 g/mol. The van der Waals surface area contributed by atoms with Crippen molar-refractivity contribution in [1.29, 1.82) is 0 Å². The molecule has 30 heavy (non-hydrogen) atoms. The van der Waals surface area contributed by atoms with Crippen molar-refractivity contribution in [3.05, 3.63) is 72.8 Å². The van der Waals surface area contributed by atoms with Crippen molar-refractivity contribution in [3.63, 3.8) is 0 Å². The van der Waals surface area contributed by atoms with Crippen LogP contribution in [0.3, 0.4) is 0 Å². The molecule has 0 unspecified atom stereocenters. The van der Waals surface area contributed by atoms with Crippen LogP contribution in [0, 0.1) is 0 Å². The van der Waals surface area contributed by atoms with Crippen molar-refractivity contribution < 1.29 is 10.2 Å². The van der Waals surface area contributed by atoms with Crippen LogP contribution in [0.5, 0.6) is 11.5 Å². The topological polar surface area (TPSA) is 71.2 Å². The lowest BCUT2D eigenvalue weighted by Crippen LogP contribution is -2.01. The summed E-state index contributed by atoms with van der Waals surface area (Å²) in [6.45, 7) is 0. The van der Waals surface area contributed by atoms with Gasteiger partial charge in [-0.25, -0.2) is 0 Å². The quantitative estimate of drug-likeness (QED) is 0.260. The normalized spacial score (nSPS) is 11.8. The Bertz CT molecular complexity index is 1590. The Hall–Kier alpha value is -3.77. The van der Waals surface area contributed by atoms with E-state index >= 15 is 0 Å². The lowest BCUT2D eigenvalue weighted by molar-refractivity contribution is 0.451. The third kappa shape index (κ3) is 2.31. The monoisotopic (exact) mass is 409 g/mol. The van der Waals surface area contributed by atoms with Gasteiger partial charge in [0, 0.05) is 11.5 Å². The van der Waals surface area contributed by atoms with Gasteiger partial charge in [-0.3, -0.25) is 4.57 Å². The molecule has 0 aliphatic carbocycles. The summed E-state index contributed by atoms with van der Waals surface area (Å²) >= 11 is 4.56. The van der Waals surface area contributed by atoms with Crippen LogP contribution in [-0.2, 0) is 0 Å². The van der Waals surface area contributed by atoms with Crippen LogP contribution in [-0.4, -0.2) is 25.0 Å². The number of phenolic OH excluding ortho intramolecular Hbond substituents is 2. The maximum Gasteiger partial charge on any atom is 0.193 e. The molecule has 0 amide bonds. The van der Waals surface area contributed by atoms with Gasteiger partial charge in [0.2, 0.25) is 0 Å². The van der Waals surface area contributed by atoms with Crippen LogP contribution in [0.1, 0.15) is 0 Å². The number of phenols is 2. The van der Waals surface area contributed by atoms with Crippen molar-refractivity contribution in [2.24, 2.45) is 0 Å². The number of hydrogen-bond donors (Lipinski definition) is 3. The van der Waals surface area contributed by atoms with Gasteiger partial charge in [0.1, 0.15) is 11.5 Å². The first-order chi connectivity index (χ1) is 14.6. The minimum Gasteiger partial charge on any atom is -0.508 e. The molecule has 0 saturated carbocycles. The molecule has 2 N–H and O–H groups in total. The molecule has 6 rings (SSSR count). The molecule has 0 spiro atoms. The largest absolute Gasteiger partial charge is 0.508 e. The molecule has 1 heterocycles. The van der Waals surface area contributed by atoms with Gasteiger partial charge in [-0.2, -0.15) is 0 Å². The second kappa shape index (κ2) is 6.11. The molecule has 5 aromatic carbocycles. The highest BCUT2D eigenvalue weighted by atomic mass is 32.1. The maximum atomic E-state index is 10.4. The van der Waals surface area contributed by atoms with Crippen LogP contribution >= 0.6 is 12.6 Å². The smallest absolute Gasteiger partial charge is 0.193 e. The second-order valence-corrected chi connectivity index (χ2v) is 7.70. The van der Waals surface area contributed by atoms with E-state index in [1.54, 1.807) is 6.07 Å². The number of hydrogen-bond acceptors (Lipinski definition) is 5.